The van der Waals surface area contributed by atoms with Crippen LogP contribution in [-0.4, -0.2) is 65.8 Å². The lowest BCUT2D eigenvalue weighted by Gasteiger charge is -2.17. The Balaban J connectivity index is 1.74. The maximum atomic E-state index is 13.2. The summed E-state index contributed by atoms with van der Waals surface area (Å²) >= 11 is 0. The van der Waals surface area contributed by atoms with Crippen molar-refractivity contribution < 1.29 is 19.8 Å². The molecule has 1 atom stereocenters. The van der Waals surface area contributed by atoms with E-state index in [9.17, 15) is 24.6 Å². The first-order valence-corrected chi connectivity index (χ1v) is 10.9. The van der Waals surface area contributed by atoms with Crippen LogP contribution in [0.2, 0.25) is 0 Å². The second kappa shape index (κ2) is 8.09. The smallest absolute Gasteiger partial charge is 0.270 e. The van der Waals surface area contributed by atoms with Crippen LogP contribution in [0, 0.1) is 5.92 Å². The monoisotopic (exact) mass is 443 g/mol. The molecule has 0 bridgehead atoms. The molecule has 2 aromatic rings. The molecule has 1 saturated carbocycles. The minimum absolute atomic E-state index is 0.0315. The Hall–Kier alpha value is -3.14. The summed E-state index contributed by atoms with van der Waals surface area (Å²) in [5.74, 6) is -1.31. The molecular formula is C22H29N5O5. The lowest BCUT2D eigenvalue weighted by Crippen LogP contribution is -2.36. The Morgan fingerprint density at radius 1 is 1.38 bits per heavy atom. The fraction of sp³-hybridized carbons (Fsp3) is 0.545. The van der Waals surface area contributed by atoms with Crippen LogP contribution >= 0.6 is 0 Å². The van der Waals surface area contributed by atoms with Crippen molar-refractivity contribution in [2.75, 3.05) is 13.1 Å². The third-order valence-corrected chi connectivity index (χ3v) is 5.77. The van der Waals surface area contributed by atoms with E-state index in [1.54, 1.807) is 11.8 Å². The second-order valence-corrected chi connectivity index (χ2v) is 9.43. The third kappa shape index (κ3) is 4.27. The number of amides is 2. The topological polar surface area (TPSA) is 129 Å². The van der Waals surface area contributed by atoms with Crippen LogP contribution in [0.3, 0.4) is 0 Å². The molecule has 1 saturated heterocycles. The van der Waals surface area contributed by atoms with Gasteiger partial charge in [-0.3, -0.25) is 19.0 Å². The number of fused-ring (bicyclic) bond motifs is 1. The zero-order chi connectivity index (χ0) is 23.2. The zero-order valence-electron chi connectivity index (χ0n) is 18.5. The van der Waals surface area contributed by atoms with Crippen molar-refractivity contribution in [2.45, 2.75) is 58.2 Å². The van der Waals surface area contributed by atoms with Gasteiger partial charge >= 0.3 is 0 Å². The molecule has 2 aliphatic rings. The maximum Gasteiger partial charge on any atom is 0.270 e. The molecule has 2 fully saturated rings. The maximum absolute atomic E-state index is 13.2. The predicted octanol–water partition coefficient (Wildman–Crippen LogP) is 0.746. The summed E-state index contributed by atoms with van der Waals surface area (Å²) < 4.78 is 2.58. The number of hydrogen-bond donors (Lipinski definition) is 3. The molecule has 2 amide bonds. The highest BCUT2D eigenvalue weighted by Gasteiger charge is 2.33. The van der Waals surface area contributed by atoms with Crippen LogP contribution in [0.25, 0.3) is 11.7 Å². The van der Waals surface area contributed by atoms with Crippen LogP contribution in [0.1, 0.15) is 56.0 Å². The molecule has 3 N–H and O–H groups in total. The van der Waals surface area contributed by atoms with Gasteiger partial charge in [-0.25, -0.2) is 0 Å². The third-order valence-electron chi connectivity index (χ3n) is 5.77. The standard InChI is InChI=1S/C22H29N5O5/c1-13(2)11-26-19-14(4-7-16(28)25-9-8-22(3,32)12-25)10-23-27(19)21(31)17(20(26)30)18(29)24-15-5-6-15/h4,7,10,13,15,31-32H,5-6,8-9,11-12H2,1-3H3,(H,24,29)/b7-4+. The van der Waals surface area contributed by atoms with E-state index in [1.807, 2.05) is 13.8 Å². The quantitative estimate of drug-likeness (QED) is 0.565. The number of carbonyl (C=O) groups is 2. The number of aliphatic hydroxyl groups is 1. The van der Waals surface area contributed by atoms with E-state index in [4.69, 9.17) is 0 Å². The molecule has 172 valence electrons. The highest BCUT2D eigenvalue weighted by molar-refractivity contribution is 5.97. The van der Waals surface area contributed by atoms with Crippen molar-refractivity contribution in [3.05, 3.63) is 33.8 Å². The van der Waals surface area contributed by atoms with Crippen LogP contribution in [0.4, 0.5) is 0 Å². The summed E-state index contributed by atoms with van der Waals surface area (Å²) in [7, 11) is 0. The van der Waals surface area contributed by atoms with Gasteiger partial charge in [0.15, 0.2) is 5.56 Å². The molecule has 32 heavy (non-hydrogen) atoms. The summed E-state index contributed by atoms with van der Waals surface area (Å²) in [6.45, 7) is 6.59. The van der Waals surface area contributed by atoms with Crippen LogP contribution in [0.5, 0.6) is 5.88 Å². The van der Waals surface area contributed by atoms with E-state index in [2.05, 4.69) is 10.4 Å². The van der Waals surface area contributed by atoms with E-state index in [0.29, 0.717) is 30.7 Å². The number of rotatable bonds is 6. The number of hydrogen-bond acceptors (Lipinski definition) is 6. The van der Waals surface area contributed by atoms with Gasteiger partial charge in [0, 0.05) is 37.3 Å². The van der Waals surface area contributed by atoms with Crippen molar-refractivity contribution in [3.63, 3.8) is 0 Å². The summed E-state index contributed by atoms with van der Waals surface area (Å²) in [6, 6.07) is 0.0315. The number of carbonyl (C=O) groups excluding carboxylic acids is 2. The molecule has 0 aromatic carbocycles. The minimum atomic E-state index is -0.894. The summed E-state index contributed by atoms with van der Waals surface area (Å²) in [5.41, 5.74) is -1.05. The van der Waals surface area contributed by atoms with E-state index >= 15 is 0 Å². The Morgan fingerprint density at radius 3 is 2.69 bits per heavy atom. The van der Waals surface area contributed by atoms with Gasteiger partial charge in [0.2, 0.25) is 11.8 Å². The number of likely N-dealkylation sites (tertiary alicyclic amines) is 1. The number of nitrogens with one attached hydrogen (secondary N) is 1. The lowest BCUT2D eigenvalue weighted by atomic mass is 10.1. The first-order valence-electron chi connectivity index (χ1n) is 10.9. The van der Waals surface area contributed by atoms with Gasteiger partial charge in [-0.15, -0.1) is 0 Å². The molecule has 2 aromatic heterocycles. The van der Waals surface area contributed by atoms with Crippen molar-refractivity contribution >= 4 is 23.5 Å². The summed E-state index contributed by atoms with van der Waals surface area (Å²) in [5, 5.41) is 27.7. The van der Waals surface area contributed by atoms with Gasteiger partial charge in [0.05, 0.1) is 11.8 Å². The molecule has 10 heteroatoms. The van der Waals surface area contributed by atoms with E-state index in [0.717, 1.165) is 17.4 Å². The SMILES string of the molecule is CC(C)Cn1c(=O)c(C(=O)NC2CC2)c(O)n2ncc(/C=C/C(=O)N3CCC(C)(O)C3)c12. The summed E-state index contributed by atoms with van der Waals surface area (Å²) in [4.78, 5) is 40.0. The van der Waals surface area contributed by atoms with Crippen LogP contribution < -0.4 is 10.9 Å². The highest BCUT2D eigenvalue weighted by atomic mass is 16.3. The van der Waals surface area contributed by atoms with Gasteiger partial charge in [-0.2, -0.15) is 9.61 Å². The number of β-amino-alcohol motifs (C(OH)–C–C–N with tert-alkyl or cyclic N) is 1. The summed E-state index contributed by atoms with van der Waals surface area (Å²) in [6.07, 6.45) is 6.57. The average Bonchev–Trinajstić information content (AvgIpc) is 3.29. The van der Waals surface area contributed by atoms with Crippen molar-refractivity contribution in [2.24, 2.45) is 5.92 Å². The first-order chi connectivity index (χ1) is 15.1. The molecule has 1 unspecified atom stereocenters. The molecule has 1 aliphatic carbocycles. The number of nitrogens with zero attached hydrogens (tertiary/aromatic N) is 4. The normalized spacial score (nSPS) is 21.2. The number of aromatic nitrogens is 3. The van der Waals surface area contributed by atoms with E-state index < -0.39 is 22.9 Å². The largest absolute Gasteiger partial charge is 0.492 e. The van der Waals surface area contributed by atoms with E-state index in [1.165, 1.54) is 22.9 Å². The number of aromatic hydroxyl groups is 1. The molecule has 1 aliphatic heterocycles. The Kier molecular flexibility index (Phi) is 5.58. The van der Waals surface area contributed by atoms with Crippen molar-refractivity contribution in [1.29, 1.82) is 0 Å². The van der Waals surface area contributed by atoms with Gasteiger partial charge < -0.3 is 20.4 Å². The first kappa shape index (κ1) is 22.1. The Morgan fingerprint density at radius 2 is 2.09 bits per heavy atom. The highest BCUT2D eigenvalue weighted by Crippen LogP contribution is 2.24. The fourth-order valence-electron chi connectivity index (χ4n) is 3.95. The minimum Gasteiger partial charge on any atom is -0.492 e. The van der Waals surface area contributed by atoms with Gasteiger partial charge in [-0.05, 0) is 38.2 Å². The molecule has 0 radical (unpaired) electrons. The van der Waals surface area contributed by atoms with Gasteiger partial charge in [0.1, 0.15) is 5.65 Å². The fourth-order valence-corrected chi connectivity index (χ4v) is 3.95. The molecule has 4 rings (SSSR count). The van der Waals surface area contributed by atoms with Crippen LogP contribution in [-0.2, 0) is 11.3 Å². The molecule has 0 spiro atoms. The lowest BCUT2D eigenvalue weighted by molar-refractivity contribution is -0.125. The second-order valence-electron chi connectivity index (χ2n) is 9.43. The molecule has 3 heterocycles. The van der Waals surface area contributed by atoms with Gasteiger partial charge in [-0.1, -0.05) is 13.8 Å². The molecule has 10 nitrogen and oxygen atoms in total. The van der Waals surface area contributed by atoms with Crippen molar-refractivity contribution in [1.82, 2.24) is 24.4 Å². The van der Waals surface area contributed by atoms with Crippen molar-refractivity contribution in [3.8, 4) is 5.88 Å². The molecular weight excluding hydrogens is 414 g/mol. The van der Waals surface area contributed by atoms with Crippen LogP contribution in [0.15, 0.2) is 17.1 Å². The average molecular weight is 444 g/mol. The predicted molar refractivity (Wildman–Crippen MR) is 117 cm³/mol. The zero-order valence-corrected chi connectivity index (χ0v) is 18.5. The Labute approximate surface area is 185 Å². The Bertz CT molecular complexity index is 1160. The van der Waals surface area contributed by atoms with E-state index in [-0.39, 0.29) is 30.0 Å². The van der Waals surface area contributed by atoms with Gasteiger partial charge in [0.25, 0.3) is 11.5 Å².